The van der Waals surface area contributed by atoms with Crippen LogP contribution >= 0.6 is 0 Å². The summed E-state index contributed by atoms with van der Waals surface area (Å²) < 4.78 is 5.33. The highest BCUT2D eigenvalue weighted by Crippen LogP contribution is 2.26. The highest BCUT2D eigenvalue weighted by molar-refractivity contribution is 5.93. The van der Waals surface area contributed by atoms with Gasteiger partial charge in [-0.25, -0.2) is 9.97 Å². The van der Waals surface area contributed by atoms with Crippen molar-refractivity contribution in [3.63, 3.8) is 0 Å². The number of hydrogen-bond donors (Lipinski definition) is 3. The highest BCUT2D eigenvalue weighted by Gasteiger charge is 2.21. The number of carbonyl (C=O) groups is 1. The predicted molar refractivity (Wildman–Crippen MR) is 121 cm³/mol. The van der Waals surface area contributed by atoms with Gasteiger partial charge >= 0.3 is 0 Å². The van der Waals surface area contributed by atoms with Crippen molar-refractivity contribution in [2.24, 2.45) is 0 Å². The van der Waals surface area contributed by atoms with Gasteiger partial charge in [0.1, 0.15) is 11.2 Å². The summed E-state index contributed by atoms with van der Waals surface area (Å²) in [5.41, 5.74) is 3.30. The zero-order valence-corrected chi connectivity index (χ0v) is 18.2. The zero-order chi connectivity index (χ0) is 21.9. The van der Waals surface area contributed by atoms with Crippen molar-refractivity contribution in [2.45, 2.75) is 45.1 Å². The van der Waals surface area contributed by atoms with E-state index in [2.05, 4.69) is 30.6 Å². The second-order valence-electron chi connectivity index (χ2n) is 8.33. The van der Waals surface area contributed by atoms with Gasteiger partial charge in [0, 0.05) is 19.1 Å². The molecule has 168 valence electrons. The summed E-state index contributed by atoms with van der Waals surface area (Å²) in [6.07, 6.45) is 7.67. The molecule has 4 heterocycles. The van der Waals surface area contributed by atoms with Crippen LogP contribution in [-0.2, 0) is 4.74 Å². The van der Waals surface area contributed by atoms with Crippen molar-refractivity contribution in [2.75, 3.05) is 36.9 Å². The van der Waals surface area contributed by atoms with E-state index in [-0.39, 0.29) is 5.91 Å². The van der Waals surface area contributed by atoms with Crippen molar-refractivity contribution in [1.29, 1.82) is 0 Å². The average molecular weight is 437 g/mol. The van der Waals surface area contributed by atoms with Crippen molar-refractivity contribution in [3.05, 3.63) is 29.8 Å². The normalized spacial score (nSPS) is 17.5. The first kappa shape index (κ1) is 20.6. The lowest BCUT2D eigenvalue weighted by Gasteiger charge is -2.26. The Morgan fingerprint density at radius 1 is 1.12 bits per heavy atom. The van der Waals surface area contributed by atoms with Crippen molar-refractivity contribution < 1.29 is 9.53 Å². The second kappa shape index (κ2) is 9.07. The lowest BCUT2D eigenvalue weighted by atomic mass is 9.95. The molecule has 3 aromatic heterocycles. The van der Waals surface area contributed by atoms with Crippen LogP contribution in [0.3, 0.4) is 0 Å². The number of imidazole rings is 1. The molecule has 3 N–H and O–H groups in total. The van der Waals surface area contributed by atoms with Gasteiger partial charge in [-0.05, 0) is 31.9 Å². The van der Waals surface area contributed by atoms with Crippen molar-refractivity contribution in [3.8, 4) is 0 Å². The average Bonchev–Trinajstić information content (AvgIpc) is 3.30. The minimum atomic E-state index is -0.0722. The lowest BCUT2D eigenvalue weighted by molar-refractivity contribution is 0.0299. The van der Waals surface area contributed by atoms with E-state index in [0.29, 0.717) is 55.3 Å². The number of ether oxygens (including phenoxy) is 1. The number of amides is 1. The van der Waals surface area contributed by atoms with Gasteiger partial charge in [0.25, 0.3) is 5.91 Å². The molecule has 0 spiro atoms. The number of nitrogens with one attached hydrogen (secondary N) is 3. The lowest BCUT2D eigenvalue weighted by Crippen LogP contribution is -2.41. The molecule has 0 bridgehead atoms. The molecule has 1 saturated carbocycles. The third kappa shape index (κ3) is 4.36. The molecule has 0 aromatic carbocycles. The molecule has 0 atom stereocenters. The van der Waals surface area contributed by atoms with E-state index in [4.69, 9.17) is 9.72 Å². The first-order valence-electron chi connectivity index (χ1n) is 11.3. The molecule has 1 amide bonds. The highest BCUT2D eigenvalue weighted by atomic mass is 16.5. The van der Waals surface area contributed by atoms with Crippen LogP contribution in [0.2, 0.25) is 0 Å². The van der Waals surface area contributed by atoms with Gasteiger partial charge in [-0.3, -0.25) is 4.79 Å². The Kier molecular flexibility index (Phi) is 5.85. The van der Waals surface area contributed by atoms with Gasteiger partial charge in [-0.1, -0.05) is 19.3 Å². The van der Waals surface area contributed by atoms with Gasteiger partial charge in [0.2, 0.25) is 5.95 Å². The summed E-state index contributed by atoms with van der Waals surface area (Å²) in [6.45, 7) is 4.18. The van der Waals surface area contributed by atoms with E-state index in [9.17, 15) is 4.79 Å². The first-order chi connectivity index (χ1) is 15.7. The van der Waals surface area contributed by atoms with E-state index in [1.54, 1.807) is 17.3 Å². The molecule has 32 heavy (non-hydrogen) atoms. The van der Waals surface area contributed by atoms with Crippen LogP contribution in [0.4, 0.5) is 17.5 Å². The molecule has 1 aliphatic carbocycles. The number of H-pyrrole nitrogens is 1. The summed E-state index contributed by atoms with van der Waals surface area (Å²) in [5, 5.41) is 6.82. The number of anilines is 3. The van der Waals surface area contributed by atoms with E-state index < -0.39 is 0 Å². The Bertz CT molecular complexity index is 1100. The number of fused-ring (bicyclic) bond motifs is 1. The Morgan fingerprint density at radius 2 is 1.94 bits per heavy atom. The molecule has 5 rings (SSSR count). The predicted octanol–water partition coefficient (Wildman–Crippen LogP) is 3.02. The molecule has 2 aliphatic rings. The maximum atomic E-state index is 12.7. The number of nitrogens with zero attached hydrogens (tertiary/aromatic N) is 5. The second-order valence-corrected chi connectivity index (χ2v) is 8.33. The van der Waals surface area contributed by atoms with Gasteiger partial charge in [-0.2, -0.15) is 9.97 Å². The smallest absolute Gasteiger partial charge is 0.272 e. The van der Waals surface area contributed by atoms with Crippen LogP contribution < -0.4 is 10.6 Å². The van der Waals surface area contributed by atoms with E-state index in [1.165, 1.54) is 19.3 Å². The van der Waals surface area contributed by atoms with Crippen LogP contribution in [0.15, 0.2) is 18.5 Å². The van der Waals surface area contributed by atoms with Crippen LogP contribution in [0.1, 0.15) is 48.3 Å². The number of hydrogen-bond acceptors (Lipinski definition) is 8. The van der Waals surface area contributed by atoms with Gasteiger partial charge in [-0.15, -0.1) is 0 Å². The number of aromatic amines is 1. The van der Waals surface area contributed by atoms with Crippen molar-refractivity contribution in [1.82, 2.24) is 29.8 Å². The molecule has 10 nitrogen and oxygen atoms in total. The number of aromatic nitrogens is 5. The SMILES string of the molecule is Cc1nc(C(=O)N2CCOCC2)ccc1Nc1nc(NC2CCCCC2)c2nc[nH]c2n1. The zero-order valence-electron chi connectivity index (χ0n) is 18.2. The fourth-order valence-electron chi connectivity index (χ4n) is 4.29. The van der Waals surface area contributed by atoms with Crippen LogP contribution in [0.25, 0.3) is 11.2 Å². The quantitative estimate of drug-likeness (QED) is 0.558. The first-order valence-corrected chi connectivity index (χ1v) is 11.3. The van der Waals surface area contributed by atoms with E-state index in [0.717, 1.165) is 29.9 Å². The molecule has 3 aromatic rings. The van der Waals surface area contributed by atoms with Gasteiger partial charge < -0.3 is 25.3 Å². The van der Waals surface area contributed by atoms with E-state index in [1.807, 2.05) is 13.0 Å². The maximum absolute atomic E-state index is 12.7. The third-order valence-electron chi connectivity index (χ3n) is 6.07. The fourth-order valence-corrected chi connectivity index (χ4v) is 4.29. The van der Waals surface area contributed by atoms with Crippen molar-refractivity contribution >= 4 is 34.5 Å². The maximum Gasteiger partial charge on any atom is 0.272 e. The molecule has 0 radical (unpaired) electrons. The number of aryl methyl sites for hydroxylation is 1. The topological polar surface area (TPSA) is 121 Å². The number of rotatable bonds is 5. The minimum Gasteiger partial charge on any atom is -0.378 e. The molecular weight excluding hydrogens is 408 g/mol. The molecular formula is C22H28N8O2. The largest absolute Gasteiger partial charge is 0.378 e. The number of carbonyl (C=O) groups excluding carboxylic acids is 1. The third-order valence-corrected chi connectivity index (χ3v) is 6.07. The Hall–Kier alpha value is -3.27. The van der Waals surface area contributed by atoms with Gasteiger partial charge in [0.15, 0.2) is 11.5 Å². The summed E-state index contributed by atoms with van der Waals surface area (Å²) in [4.78, 5) is 35.7. The Labute approximate surface area is 186 Å². The molecule has 2 fully saturated rings. The molecule has 1 saturated heterocycles. The fraction of sp³-hybridized carbons (Fsp3) is 0.500. The summed E-state index contributed by atoms with van der Waals surface area (Å²) in [6, 6.07) is 3.99. The number of morpholine rings is 1. The standard InChI is InChI=1S/C22H28N8O2/c1-14-16(7-8-17(25-14)21(31)30-9-11-32-12-10-30)27-22-28-19-18(23-13-24-19)20(29-22)26-15-5-3-2-4-6-15/h7-8,13,15H,2-6,9-12H2,1H3,(H3,23,24,26,27,28,29). The molecule has 0 unspecified atom stereocenters. The van der Waals surface area contributed by atoms with Crippen LogP contribution in [0, 0.1) is 6.92 Å². The Morgan fingerprint density at radius 3 is 2.72 bits per heavy atom. The summed E-state index contributed by atoms with van der Waals surface area (Å²) in [7, 11) is 0. The molecule has 1 aliphatic heterocycles. The Balaban J connectivity index is 1.36. The van der Waals surface area contributed by atoms with Gasteiger partial charge in [0.05, 0.1) is 30.9 Å². The molecule has 10 heteroatoms. The minimum absolute atomic E-state index is 0.0722. The van der Waals surface area contributed by atoms with Crippen LogP contribution in [0.5, 0.6) is 0 Å². The van der Waals surface area contributed by atoms with Crippen LogP contribution in [-0.4, -0.2) is 68.1 Å². The summed E-state index contributed by atoms with van der Waals surface area (Å²) >= 11 is 0. The van der Waals surface area contributed by atoms with E-state index >= 15 is 0 Å². The summed E-state index contributed by atoms with van der Waals surface area (Å²) in [5.74, 6) is 1.12. The number of pyridine rings is 1. The monoisotopic (exact) mass is 436 g/mol.